The SMILES string of the molecule is C=C(C(=O)N1CCN(c2nc(OC[C@@H]3CCCN3C)nc3c2CCN(c2cccc4cccc(Cl)c24)C3)C[C@@H]1CC#N)n1cnc(C(F)(F)F)c1. The van der Waals surface area contributed by atoms with Gasteiger partial charge in [0, 0.05) is 55.1 Å². The number of anilines is 2. The van der Waals surface area contributed by atoms with Gasteiger partial charge in [-0.15, -0.1) is 0 Å². The average Bonchev–Trinajstić information content (AvgIpc) is 3.79. The fraction of sp³-hybridized carbons (Fsp3) is 0.417. The van der Waals surface area contributed by atoms with Crippen LogP contribution in [0.15, 0.2) is 55.5 Å². The van der Waals surface area contributed by atoms with Crippen molar-refractivity contribution in [1.82, 2.24) is 29.3 Å². The fourth-order valence-electron chi connectivity index (χ4n) is 7.31. The van der Waals surface area contributed by atoms with Gasteiger partial charge in [0.1, 0.15) is 24.4 Å². The van der Waals surface area contributed by atoms with Gasteiger partial charge in [0.05, 0.1) is 35.8 Å². The first-order valence-corrected chi connectivity index (χ1v) is 17.3. The normalized spacial score (nSPS) is 19.6. The number of amides is 1. The Hall–Kier alpha value is -4.87. The molecule has 0 aliphatic carbocycles. The maximum absolute atomic E-state index is 13.6. The van der Waals surface area contributed by atoms with E-state index in [0.29, 0.717) is 43.5 Å². The van der Waals surface area contributed by atoms with Crippen molar-refractivity contribution in [2.45, 2.75) is 50.5 Å². The van der Waals surface area contributed by atoms with Crippen LogP contribution in [0.25, 0.3) is 16.5 Å². The van der Waals surface area contributed by atoms with E-state index in [1.165, 1.54) is 4.90 Å². The van der Waals surface area contributed by atoms with E-state index in [4.69, 9.17) is 26.3 Å². The third-order valence-corrected chi connectivity index (χ3v) is 10.4. The van der Waals surface area contributed by atoms with Gasteiger partial charge in [-0.25, -0.2) is 4.98 Å². The summed E-state index contributed by atoms with van der Waals surface area (Å²) in [5.74, 6) is 0.128. The zero-order valence-electron chi connectivity index (χ0n) is 28.1. The maximum Gasteiger partial charge on any atom is 0.434 e. The van der Waals surface area contributed by atoms with E-state index in [1.54, 1.807) is 0 Å². The van der Waals surface area contributed by atoms with E-state index in [-0.39, 0.29) is 37.3 Å². The first-order valence-electron chi connectivity index (χ1n) is 16.9. The second kappa shape index (κ2) is 14.0. The van der Waals surface area contributed by atoms with Crippen molar-refractivity contribution in [3.63, 3.8) is 0 Å². The van der Waals surface area contributed by atoms with Crippen molar-refractivity contribution < 1.29 is 22.7 Å². The number of hydrogen-bond acceptors (Lipinski definition) is 9. The number of imidazole rings is 1. The second-order valence-corrected chi connectivity index (χ2v) is 13.6. The summed E-state index contributed by atoms with van der Waals surface area (Å²) in [4.78, 5) is 35.0. The second-order valence-electron chi connectivity index (χ2n) is 13.2. The number of carbonyl (C=O) groups is 1. The topological polar surface area (TPSA) is 107 Å². The monoisotopic (exact) mass is 719 g/mol. The van der Waals surface area contributed by atoms with Crippen molar-refractivity contribution in [3.05, 3.63) is 77.5 Å². The summed E-state index contributed by atoms with van der Waals surface area (Å²) in [6, 6.07) is 14.1. The number of likely N-dealkylation sites (tertiary alicyclic amines) is 1. The lowest BCUT2D eigenvalue weighted by molar-refractivity contribution is -0.141. The van der Waals surface area contributed by atoms with E-state index < -0.39 is 23.8 Å². The molecule has 4 aromatic rings. The highest BCUT2D eigenvalue weighted by Gasteiger charge is 2.37. The lowest BCUT2D eigenvalue weighted by atomic mass is 10.0. The van der Waals surface area contributed by atoms with Crippen LogP contribution in [0.4, 0.5) is 24.7 Å². The summed E-state index contributed by atoms with van der Waals surface area (Å²) in [5, 5.41) is 12.5. The molecule has 2 aromatic carbocycles. The van der Waals surface area contributed by atoms with Crippen molar-refractivity contribution in [2.75, 3.05) is 56.2 Å². The molecule has 5 heterocycles. The molecule has 2 atom stereocenters. The van der Waals surface area contributed by atoms with Gasteiger partial charge in [0.25, 0.3) is 5.91 Å². The van der Waals surface area contributed by atoms with Gasteiger partial charge >= 0.3 is 12.2 Å². The Morgan fingerprint density at radius 3 is 2.63 bits per heavy atom. The van der Waals surface area contributed by atoms with Gasteiger partial charge in [-0.2, -0.15) is 28.4 Å². The Kier molecular flexibility index (Phi) is 9.52. The number of piperazine rings is 1. The summed E-state index contributed by atoms with van der Waals surface area (Å²) < 4.78 is 46.8. The molecule has 1 amide bonds. The number of halogens is 4. The third kappa shape index (κ3) is 6.92. The Labute approximate surface area is 298 Å². The number of carbonyl (C=O) groups excluding carboxylic acids is 1. The molecule has 3 aliphatic heterocycles. The molecule has 266 valence electrons. The van der Waals surface area contributed by atoms with Gasteiger partial charge in [-0.05, 0) is 50.4 Å². The number of likely N-dealkylation sites (N-methyl/N-ethyl adjacent to an activating group) is 1. The number of rotatable bonds is 8. The number of ether oxygens (including phenoxy) is 1. The van der Waals surface area contributed by atoms with Crippen LogP contribution in [0.3, 0.4) is 0 Å². The summed E-state index contributed by atoms with van der Waals surface area (Å²) in [6.07, 6.45) is -0.225. The molecule has 2 fully saturated rings. The van der Waals surface area contributed by atoms with Crippen molar-refractivity contribution in [2.24, 2.45) is 0 Å². The zero-order chi connectivity index (χ0) is 35.9. The lowest BCUT2D eigenvalue weighted by Crippen LogP contribution is -2.56. The highest BCUT2D eigenvalue weighted by Crippen LogP contribution is 2.37. The van der Waals surface area contributed by atoms with E-state index >= 15 is 0 Å². The maximum atomic E-state index is 13.6. The van der Waals surface area contributed by atoms with E-state index in [2.05, 4.69) is 45.4 Å². The van der Waals surface area contributed by atoms with Gasteiger partial charge < -0.3 is 28.9 Å². The Morgan fingerprint density at radius 1 is 1.10 bits per heavy atom. The van der Waals surface area contributed by atoms with E-state index in [1.807, 2.05) is 30.3 Å². The summed E-state index contributed by atoms with van der Waals surface area (Å²) >= 11 is 6.71. The number of hydrogen-bond donors (Lipinski definition) is 0. The van der Waals surface area contributed by atoms with Gasteiger partial charge in [0.2, 0.25) is 0 Å². The fourth-order valence-corrected chi connectivity index (χ4v) is 7.59. The molecular formula is C36H37ClF3N9O2. The van der Waals surface area contributed by atoms with Crippen LogP contribution in [0.1, 0.15) is 36.2 Å². The minimum absolute atomic E-state index is 0.00745. The predicted molar refractivity (Wildman–Crippen MR) is 187 cm³/mol. The molecule has 0 radical (unpaired) electrons. The Bertz CT molecular complexity index is 2010. The van der Waals surface area contributed by atoms with Crippen LogP contribution in [0.5, 0.6) is 6.01 Å². The summed E-state index contributed by atoms with van der Waals surface area (Å²) in [7, 11) is 2.08. The third-order valence-electron chi connectivity index (χ3n) is 10.1. The van der Waals surface area contributed by atoms with E-state index in [0.717, 1.165) is 64.2 Å². The van der Waals surface area contributed by atoms with E-state index in [9.17, 15) is 23.2 Å². The number of alkyl halides is 3. The van der Waals surface area contributed by atoms with Crippen LogP contribution in [0, 0.1) is 11.3 Å². The standard InChI is InChI=1S/C36H37ClF3N9O2/c1-23(48-20-31(42-22-48)36(38,39)40)34(50)49-17-16-47(18-25(49)11-13-41)33-27-12-15-46(30-10-4-7-24-6-3-9-28(37)32(24)30)19-29(27)43-35(44-33)51-21-26-8-5-14-45(26)2/h3-4,6-7,9-10,20,22,25-26H,1,5,8,11-12,14-19,21H2,2H3/t25-,26-/m0/s1. The van der Waals surface area contributed by atoms with Crippen LogP contribution in [0.2, 0.25) is 5.02 Å². The average molecular weight is 720 g/mol. The first-order chi connectivity index (χ1) is 24.5. The minimum atomic E-state index is -4.66. The number of fused-ring (bicyclic) bond motifs is 2. The van der Waals surface area contributed by atoms with Crippen LogP contribution < -0.4 is 14.5 Å². The summed E-state index contributed by atoms with van der Waals surface area (Å²) in [6.45, 7) is 7.26. The van der Waals surface area contributed by atoms with Crippen LogP contribution in [-0.4, -0.2) is 93.7 Å². The molecule has 3 aliphatic rings. The molecule has 11 nitrogen and oxygen atoms in total. The minimum Gasteiger partial charge on any atom is -0.462 e. The molecule has 0 unspecified atom stereocenters. The molecule has 2 aromatic heterocycles. The molecule has 0 bridgehead atoms. The van der Waals surface area contributed by atoms with Crippen molar-refractivity contribution in [1.29, 1.82) is 5.26 Å². The van der Waals surface area contributed by atoms with Crippen LogP contribution in [-0.2, 0) is 23.9 Å². The molecule has 0 N–H and O–H groups in total. The molecule has 51 heavy (non-hydrogen) atoms. The number of benzene rings is 2. The quantitative estimate of drug-likeness (QED) is 0.214. The molecule has 0 spiro atoms. The highest BCUT2D eigenvalue weighted by molar-refractivity contribution is 6.36. The lowest BCUT2D eigenvalue weighted by Gasteiger charge is -2.42. The molecule has 15 heteroatoms. The van der Waals surface area contributed by atoms with Crippen molar-refractivity contribution in [3.8, 4) is 12.1 Å². The Morgan fingerprint density at radius 2 is 1.90 bits per heavy atom. The number of aromatic nitrogens is 4. The first kappa shape index (κ1) is 34.6. The summed E-state index contributed by atoms with van der Waals surface area (Å²) in [5.41, 5.74) is 1.51. The van der Waals surface area contributed by atoms with Crippen molar-refractivity contribution >= 4 is 45.5 Å². The number of nitrogens with zero attached hydrogens (tertiary/aromatic N) is 9. The molecule has 7 rings (SSSR count). The van der Waals surface area contributed by atoms with Gasteiger partial charge in [0.15, 0.2) is 5.69 Å². The highest BCUT2D eigenvalue weighted by atomic mass is 35.5. The molecular weight excluding hydrogens is 683 g/mol. The van der Waals surface area contributed by atoms with Crippen LogP contribution >= 0.6 is 11.6 Å². The molecule has 0 saturated carbocycles. The zero-order valence-corrected chi connectivity index (χ0v) is 28.9. The predicted octanol–water partition coefficient (Wildman–Crippen LogP) is 5.64. The number of nitriles is 1. The van der Waals surface area contributed by atoms with Gasteiger partial charge in [-0.1, -0.05) is 42.4 Å². The Balaban J connectivity index is 1.17. The smallest absolute Gasteiger partial charge is 0.434 e. The molecule has 2 saturated heterocycles. The largest absolute Gasteiger partial charge is 0.462 e. The van der Waals surface area contributed by atoms with Gasteiger partial charge in [-0.3, -0.25) is 4.79 Å².